The normalized spacial score (nSPS) is 17.1. The highest BCUT2D eigenvalue weighted by molar-refractivity contribution is 5.79. The average Bonchev–Trinajstić information content (AvgIpc) is 2.92. The number of benzene rings is 1. The van der Waals surface area contributed by atoms with Gasteiger partial charge in [-0.15, -0.1) is 0 Å². The fourth-order valence-corrected chi connectivity index (χ4v) is 5.02. The van der Waals surface area contributed by atoms with Crippen molar-refractivity contribution in [2.75, 3.05) is 6.54 Å². The third-order valence-corrected chi connectivity index (χ3v) is 7.07. The summed E-state index contributed by atoms with van der Waals surface area (Å²) in [6.45, 7) is 5.64. The number of carboxylic acids is 1. The number of ether oxygens (including phenoxy) is 2. The Labute approximate surface area is 240 Å². The first-order valence-corrected chi connectivity index (χ1v) is 15.1. The van der Waals surface area contributed by atoms with E-state index in [1.165, 1.54) is 64.2 Å². The smallest absolute Gasteiger partial charge is 0.408 e. The molecule has 1 atom stereocenters. The zero-order valence-electron chi connectivity index (χ0n) is 24.7. The Bertz CT molecular complexity index is 846. The summed E-state index contributed by atoms with van der Waals surface area (Å²) in [5.41, 5.74) is 0.196. The summed E-state index contributed by atoms with van der Waals surface area (Å²) in [6, 6.07) is 10.0. The monoisotopic (exact) mass is 561 g/mol. The number of unbranched alkanes of at least 4 members (excludes halogenated alkanes) is 1. The van der Waals surface area contributed by atoms with Crippen molar-refractivity contribution in [3.63, 3.8) is 0 Å². The van der Waals surface area contributed by atoms with E-state index in [2.05, 4.69) is 16.0 Å². The van der Waals surface area contributed by atoms with Gasteiger partial charge in [-0.1, -0.05) is 68.9 Å². The van der Waals surface area contributed by atoms with Gasteiger partial charge in [0.2, 0.25) is 0 Å². The SMILES string of the molecule is C1CCC(NC2CCCCC2)CC1.CC(C)(C)OC(=O)NC(CCCCNC(=O)OCc1ccccc1)C(=O)O. The van der Waals surface area contributed by atoms with E-state index in [1.807, 2.05) is 30.3 Å². The van der Waals surface area contributed by atoms with Gasteiger partial charge >= 0.3 is 18.2 Å². The first-order valence-electron chi connectivity index (χ1n) is 15.1. The Morgan fingerprint density at radius 1 is 0.875 bits per heavy atom. The lowest BCUT2D eigenvalue weighted by Gasteiger charge is -2.30. The van der Waals surface area contributed by atoms with Crippen LogP contribution in [0.1, 0.15) is 110 Å². The first-order chi connectivity index (χ1) is 19.1. The van der Waals surface area contributed by atoms with Crippen LogP contribution in [-0.2, 0) is 20.9 Å². The topological polar surface area (TPSA) is 126 Å². The second-order valence-electron chi connectivity index (χ2n) is 11.9. The molecule has 2 aliphatic rings. The minimum atomic E-state index is -1.13. The number of alkyl carbamates (subject to hydrolysis) is 2. The van der Waals surface area contributed by atoms with E-state index in [9.17, 15) is 19.5 Å². The minimum absolute atomic E-state index is 0.188. The number of nitrogens with one attached hydrogen (secondary N) is 3. The summed E-state index contributed by atoms with van der Waals surface area (Å²) in [5, 5.41) is 18.0. The van der Waals surface area contributed by atoms with Gasteiger partial charge in [-0.25, -0.2) is 14.4 Å². The standard InChI is InChI=1S/C19H28N2O6.C12H23N/c1-19(2,3)27-18(25)21-15(16(22)23)11-7-8-12-20-17(24)26-13-14-9-5-4-6-10-14;1-3-7-11(8-4-1)13-12-9-5-2-6-10-12/h4-6,9-10,15H,7-8,11-13H2,1-3H3,(H,20,24)(H,21,25)(H,22,23);11-13H,1-10H2. The molecular formula is C31H51N3O6. The number of amides is 2. The van der Waals surface area contributed by atoms with Crippen molar-refractivity contribution in [1.82, 2.24) is 16.0 Å². The predicted molar refractivity (Wildman–Crippen MR) is 156 cm³/mol. The molecule has 1 aromatic carbocycles. The van der Waals surface area contributed by atoms with Crippen molar-refractivity contribution in [3.05, 3.63) is 35.9 Å². The lowest BCUT2D eigenvalue weighted by molar-refractivity contribution is -0.139. The molecule has 2 fully saturated rings. The summed E-state index contributed by atoms with van der Waals surface area (Å²) < 4.78 is 10.1. The molecule has 2 saturated carbocycles. The van der Waals surface area contributed by atoms with Gasteiger partial charge in [0, 0.05) is 18.6 Å². The molecule has 9 nitrogen and oxygen atoms in total. The Morgan fingerprint density at radius 2 is 1.45 bits per heavy atom. The van der Waals surface area contributed by atoms with Crippen LogP contribution in [0.4, 0.5) is 9.59 Å². The third kappa shape index (κ3) is 15.7. The second-order valence-corrected chi connectivity index (χ2v) is 11.9. The van der Waals surface area contributed by atoms with Gasteiger partial charge in [0.05, 0.1) is 0 Å². The van der Waals surface area contributed by atoms with E-state index >= 15 is 0 Å². The fourth-order valence-electron chi connectivity index (χ4n) is 5.02. The van der Waals surface area contributed by atoms with Crippen LogP contribution in [0.25, 0.3) is 0 Å². The summed E-state index contributed by atoms with van der Waals surface area (Å²) in [7, 11) is 0. The number of carbonyl (C=O) groups is 3. The van der Waals surface area contributed by atoms with Crippen molar-refractivity contribution >= 4 is 18.2 Å². The maximum absolute atomic E-state index is 11.7. The van der Waals surface area contributed by atoms with Crippen LogP contribution in [0.3, 0.4) is 0 Å². The van der Waals surface area contributed by atoms with Crippen LogP contribution in [0, 0.1) is 0 Å². The summed E-state index contributed by atoms with van der Waals surface area (Å²) in [6.07, 6.45) is 14.6. The van der Waals surface area contributed by atoms with Crippen LogP contribution in [0.2, 0.25) is 0 Å². The van der Waals surface area contributed by atoms with Crippen LogP contribution >= 0.6 is 0 Å². The molecule has 0 spiro atoms. The van der Waals surface area contributed by atoms with Gasteiger partial charge in [0.15, 0.2) is 0 Å². The highest BCUT2D eigenvalue weighted by Crippen LogP contribution is 2.22. The number of rotatable bonds is 11. The molecule has 4 N–H and O–H groups in total. The summed E-state index contributed by atoms with van der Waals surface area (Å²) in [5.74, 6) is -1.13. The first kappa shape index (κ1) is 33.4. The number of aliphatic carboxylic acids is 1. The summed E-state index contributed by atoms with van der Waals surface area (Å²) >= 11 is 0. The van der Waals surface area contributed by atoms with Crippen molar-refractivity contribution in [2.24, 2.45) is 0 Å². The molecule has 226 valence electrons. The average molecular weight is 562 g/mol. The molecule has 1 unspecified atom stereocenters. The van der Waals surface area contributed by atoms with E-state index in [4.69, 9.17) is 9.47 Å². The third-order valence-electron chi connectivity index (χ3n) is 7.07. The van der Waals surface area contributed by atoms with Crippen molar-refractivity contribution < 1.29 is 29.0 Å². The van der Waals surface area contributed by atoms with E-state index < -0.39 is 29.8 Å². The zero-order chi connectivity index (χ0) is 29.2. The molecular weight excluding hydrogens is 510 g/mol. The number of carboxylic acid groups (broad SMARTS) is 1. The predicted octanol–water partition coefficient (Wildman–Crippen LogP) is 6.30. The molecule has 3 rings (SSSR count). The molecule has 2 aliphatic carbocycles. The molecule has 1 aromatic rings. The Kier molecular flexibility index (Phi) is 15.5. The fraction of sp³-hybridized carbons (Fsp3) is 0.710. The van der Waals surface area contributed by atoms with Gasteiger partial charge in [-0.2, -0.15) is 0 Å². The molecule has 40 heavy (non-hydrogen) atoms. The van der Waals surface area contributed by atoms with E-state index in [1.54, 1.807) is 20.8 Å². The molecule has 0 saturated heterocycles. The zero-order valence-corrected chi connectivity index (χ0v) is 24.7. The van der Waals surface area contributed by atoms with Crippen LogP contribution in [-0.4, -0.2) is 53.5 Å². The van der Waals surface area contributed by atoms with Gasteiger partial charge < -0.3 is 30.5 Å². The molecule has 9 heteroatoms. The molecule has 0 bridgehead atoms. The lowest BCUT2D eigenvalue weighted by atomic mass is 9.91. The summed E-state index contributed by atoms with van der Waals surface area (Å²) in [4.78, 5) is 34.5. The largest absolute Gasteiger partial charge is 0.480 e. The Hall–Kier alpha value is -2.81. The van der Waals surface area contributed by atoms with Gasteiger partial charge in [0.1, 0.15) is 18.2 Å². The Balaban J connectivity index is 0.000000355. The van der Waals surface area contributed by atoms with Gasteiger partial charge in [-0.05, 0) is 71.3 Å². The molecule has 0 heterocycles. The number of hydrogen-bond acceptors (Lipinski definition) is 6. The van der Waals surface area contributed by atoms with E-state index in [0.29, 0.717) is 19.4 Å². The van der Waals surface area contributed by atoms with E-state index in [-0.39, 0.29) is 13.0 Å². The molecule has 0 aliphatic heterocycles. The van der Waals surface area contributed by atoms with Gasteiger partial charge in [0.25, 0.3) is 0 Å². The second kappa shape index (κ2) is 18.5. The Morgan fingerprint density at radius 3 is 1.98 bits per heavy atom. The van der Waals surface area contributed by atoms with Gasteiger partial charge in [-0.3, -0.25) is 0 Å². The highest BCUT2D eigenvalue weighted by Gasteiger charge is 2.23. The van der Waals surface area contributed by atoms with Crippen LogP contribution in [0.5, 0.6) is 0 Å². The minimum Gasteiger partial charge on any atom is -0.480 e. The number of hydrogen-bond donors (Lipinski definition) is 4. The van der Waals surface area contributed by atoms with Crippen molar-refractivity contribution in [2.45, 2.75) is 135 Å². The lowest BCUT2D eigenvalue weighted by Crippen LogP contribution is -2.43. The maximum Gasteiger partial charge on any atom is 0.408 e. The molecule has 0 aromatic heterocycles. The van der Waals surface area contributed by atoms with Crippen LogP contribution in [0.15, 0.2) is 30.3 Å². The van der Waals surface area contributed by atoms with Crippen molar-refractivity contribution in [3.8, 4) is 0 Å². The highest BCUT2D eigenvalue weighted by atomic mass is 16.6. The van der Waals surface area contributed by atoms with Crippen LogP contribution < -0.4 is 16.0 Å². The maximum atomic E-state index is 11.7. The van der Waals surface area contributed by atoms with E-state index in [0.717, 1.165) is 17.6 Å². The quantitative estimate of drug-likeness (QED) is 0.234. The molecule has 2 amide bonds. The number of carbonyl (C=O) groups excluding carboxylic acids is 2. The van der Waals surface area contributed by atoms with Crippen molar-refractivity contribution in [1.29, 1.82) is 0 Å². The molecule has 0 radical (unpaired) electrons.